The van der Waals surface area contributed by atoms with Gasteiger partial charge in [0.25, 0.3) is 5.91 Å². The number of alkyl halides is 3. The first kappa shape index (κ1) is 20.9. The van der Waals surface area contributed by atoms with Crippen LogP contribution >= 0.6 is 0 Å². The van der Waals surface area contributed by atoms with Crippen LogP contribution in [0.2, 0.25) is 0 Å². The van der Waals surface area contributed by atoms with Gasteiger partial charge in [-0.1, -0.05) is 6.92 Å². The summed E-state index contributed by atoms with van der Waals surface area (Å²) >= 11 is 0. The van der Waals surface area contributed by atoms with Gasteiger partial charge in [0, 0.05) is 12.2 Å². The number of ether oxygens (including phenoxy) is 1. The molecule has 0 bridgehead atoms. The lowest BCUT2D eigenvalue weighted by molar-refractivity contribution is -0.167. The number of aliphatic carboxylic acids is 1. The van der Waals surface area contributed by atoms with Gasteiger partial charge in [0.1, 0.15) is 17.9 Å². The van der Waals surface area contributed by atoms with Gasteiger partial charge < -0.3 is 20.1 Å². The van der Waals surface area contributed by atoms with Crippen molar-refractivity contribution >= 4 is 17.6 Å². The first-order chi connectivity index (χ1) is 12.6. The Balaban J connectivity index is 2.33. The molecular formula is C17H20F4N2O4. The van der Waals surface area contributed by atoms with E-state index < -0.39 is 48.1 Å². The molecule has 2 rings (SSSR count). The third-order valence-electron chi connectivity index (χ3n) is 4.35. The second-order valence-electron chi connectivity index (χ2n) is 6.22. The molecule has 1 heterocycles. The van der Waals surface area contributed by atoms with Gasteiger partial charge in [-0.25, -0.2) is 9.18 Å². The van der Waals surface area contributed by atoms with Gasteiger partial charge in [-0.2, -0.15) is 13.2 Å². The molecule has 0 radical (unpaired) electrons. The fourth-order valence-corrected chi connectivity index (χ4v) is 2.93. The largest absolute Gasteiger partial charge is 0.480 e. The summed E-state index contributed by atoms with van der Waals surface area (Å²) in [6, 6.07) is -0.969. The fourth-order valence-electron chi connectivity index (χ4n) is 2.93. The number of nitrogens with zero attached hydrogens (tertiary/aromatic N) is 1. The van der Waals surface area contributed by atoms with E-state index in [1.807, 2.05) is 0 Å². The molecule has 1 aliphatic heterocycles. The van der Waals surface area contributed by atoms with E-state index in [0.717, 1.165) is 11.0 Å². The zero-order chi connectivity index (χ0) is 20.4. The van der Waals surface area contributed by atoms with Crippen LogP contribution in [0, 0.1) is 12.7 Å². The first-order valence-corrected chi connectivity index (χ1v) is 8.31. The lowest BCUT2D eigenvalue weighted by Gasteiger charge is -2.38. The summed E-state index contributed by atoms with van der Waals surface area (Å²) < 4.78 is 59.1. The Labute approximate surface area is 153 Å². The third kappa shape index (κ3) is 4.68. The molecule has 1 aliphatic rings. The van der Waals surface area contributed by atoms with Crippen molar-refractivity contribution < 1.29 is 37.0 Å². The monoisotopic (exact) mass is 392 g/mol. The van der Waals surface area contributed by atoms with Crippen LogP contribution in [-0.4, -0.2) is 55.0 Å². The van der Waals surface area contributed by atoms with E-state index >= 15 is 0 Å². The summed E-state index contributed by atoms with van der Waals surface area (Å²) in [5.41, 5.74) is -0.303. The number of carbonyl (C=O) groups is 2. The number of rotatable bonds is 5. The number of carboxylic acid groups (broad SMARTS) is 1. The number of carbonyl (C=O) groups excluding carboxylic acids is 1. The summed E-state index contributed by atoms with van der Waals surface area (Å²) in [6.07, 6.45) is -4.46. The summed E-state index contributed by atoms with van der Waals surface area (Å²) in [4.78, 5) is 24.3. The number of halogens is 4. The molecule has 0 spiro atoms. The fraction of sp³-hybridized carbons (Fsp3) is 0.529. The highest BCUT2D eigenvalue weighted by atomic mass is 19.4. The van der Waals surface area contributed by atoms with Crippen LogP contribution in [0.5, 0.6) is 0 Å². The Hall–Kier alpha value is -2.36. The lowest BCUT2D eigenvalue weighted by Crippen LogP contribution is -2.53. The van der Waals surface area contributed by atoms with E-state index in [-0.39, 0.29) is 30.8 Å². The van der Waals surface area contributed by atoms with Crippen LogP contribution in [-0.2, 0) is 9.53 Å². The number of benzene rings is 1. The molecule has 2 atom stereocenters. The van der Waals surface area contributed by atoms with Crippen LogP contribution in [0.4, 0.5) is 23.2 Å². The van der Waals surface area contributed by atoms with E-state index in [4.69, 9.17) is 9.84 Å². The van der Waals surface area contributed by atoms with Crippen molar-refractivity contribution in [1.29, 1.82) is 0 Å². The molecule has 0 unspecified atom stereocenters. The molecule has 0 saturated carbocycles. The van der Waals surface area contributed by atoms with Gasteiger partial charge in [0.05, 0.1) is 18.8 Å². The summed E-state index contributed by atoms with van der Waals surface area (Å²) in [6.45, 7) is 2.34. The molecule has 1 aromatic carbocycles. The third-order valence-corrected chi connectivity index (χ3v) is 4.35. The Kier molecular flexibility index (Phi) is 6.30. The van der Waals surface area contributed by atoms with Crippen molar-refractivity contribution in [2.45, 2.75) is 38.5 Å². The maximum absolute atomic E-state index is 14.5. The topological polar surface area (TPSA) is 78.9 Å². The Bertz CT molecular complexity index is 700. The number of amides is 1. The van der Waals surface area contributed by atoms with Crippen LogP contribution < -0.4 is 10.2 Å². The minimum Gasteiger partial charge on any atom is -0.480 e. The maximum atomic E-state index is 14.5. The van der Waals surface area contributed by atoms with Crippen molar-refractivity contribution in [3.63, 3.8) is 0 Å². The minimum absolute atomic E-state index is 0.0162. The highest BCUT2D eigenvalue weighted by Crippen LogP contribution is 2.32. The standard InChI is InChI=1S/C17H20F4N2O4/c1-3-12(16(25)26)22-15(24)14-9(2)6-10(7-11(14)18)23-4-5-27-8-13(23)17(19,20)21/h6-7,12-13H,3-5,8H2,1-2H3,(H,22,24)(H,25,26)/t12-,13+/m0/s1. The van der Waals surface area contributed by atoms with Gasteiger partial charge in [-0.3, -0.25) is 4.79 Å². The van der Waals surface area contributed by atoms with Crippen LogP contribution in [0.25, 0.3) is 0 Å². The molecule has 6 nitrogen and oxygen atoms in total. The van der Waals surface area contributed by atoms with Crippen molar-refractivity contribution in [2.24, 2.45) is 0 Å². The predicted molar refractivity (Wildman–Crippen MR) is 88.3 cm³/mol. The van der Waals surface area contributed by atoms with E-state index in [2.05, 4.69) is 5.32 Å². The molecule has 1 saturated heterocycles. The first-order valence-electron chi connectivity index (χ1n) is 8.31. The van der Waals surface area contributed by atoms with Crippen LogP contribution in [0.3, 0.4) is 0 Å². The van der Waals surface area contributed by atoms with Crippen molar-refractivity contribution in [3.8, 4) is 0 Å². The molecule has 2 N–H and O–H groups in total. The van der Waals surface area contributed by atoms with E-state index in [1.165, 1.54) is 13.0 Å². The Morgan fingerprint density at radius 2 is 2.07 bits per heavy atom. The molecule has 1 fully saturated rings. The second kappa shape index (κ2) is 8.12. The highest BCUT2D eigenvalue weighted by molar-refractivity contribution is 5.98. The molecule has 0 aliphatic carbocycles. The molecule has 150 valence electrons. The highest BCUT2D eigenvalue weighted by Gasteiger charge is 2.45. The Morgan fingerprint density at radius 3 is 2.59 bits per heavy atom. The molecule has 1 aromatic rings. The zero-order valence-corrected chi connectivity index (χ0v) is 14.8. The number of hydrogen-bond acceptors (Lipinski definition) is 4. The van der Waals surface area contributed by atoms with E-state index in [1.54, 1.807) is 6.92 Å². The summed E-state index contributed by atoms with van der Waals surface area (Å²) in [7, 11) is 0. The van der Waals surface area contributed by atoms with Gasteiger partial charge >= 0.3 is 12.1 Å². The maximum Gasteiger partial charge on any atom is 0.411 e. The average Bonchev–Trinajstić information content (AvgIpc) is 2.58. The van der Waals surface area contributed by atoms with Gasteiger partial charge in [-0.05, 0) is 31.0 Å². The normalized spacial score (nSPS) is 18.9. The number of aryl methyl sites for hydroxylation is 1. The average molecular weight is 392 g/mol. The van der Waals surface area contributed by atoms with Crippen molar-refractivity contribution in [3.05, 3.63) is 29.1 Å². The quantitative estimate of drug-likeness (QED) is 0.753. The number of hydrogen-bond donors (Lipinski definition) is 2. The van der Waals surface area contributed by atoms with Crippen LogP contribution in [0.15, 0.2) is 12.1 Å². The zero-order valence-electron chi connectivity index (χ0n) is 14.8. The smallest absolute Gasteiger partial charge is 0.411 e. The number of anilines is 1. The summed E-state index contributed by atoms with van der Waals surface area (Å²) in [5.74, 6) is -3.21. The second-order valence-corrected chi connectivity index (χ2v) is 6.22. The van der Waals surface area contributed by atoms with Crippen molar-refractivity contribution in [2.75, 3.05) is 24.7 Å². The van der Waals surface area contributed by atoms with Gasteiger partial charge in [-0.15, -0.1) is 0 Å². The predicted octanol–water partition coefficient (Wildman–Crippen LogP) is 2.49. The number of nitrogens with one attached hydrogen (secondary N) is 1. The van der Waals surface area contributed by atoms with Gasteiger partial charge in [0.15, 0.2) is 0 Å². The SMILES string of the molecule is CC[C@H](NC(=O)c1c(C)cc(N2CCOC[C@@H]2C(F)(F)F)cc1F)C(=O)O. The van der Waals surface area contributed by atoms with E-state index in [9.17, 15) is 27.2 Å². The minimum atomic E-state index is -4.56. The summed E-state index contributed by atoms with van der Waals surface area (Å²) in [5, 5.41) is 11.2. The molecular weight excluding hydrogens is 372 g/mol. The van der Waals surface area contributed by atoms with Gasteiger partial charge in [0.2, 0.25) is 0 Å². The molecule has 1 amide bonds. The van der Waals surface area contributed by atoms with Crippen molar-refractivity contribution in [1.82, 2.24) is 5.32 Å². The number of carboxylic acids is 1. The molecule has 27 heavy (non-hydrogen) atoms. The number of morpholine rings is 1. The van der Waals surface area contributed by atoms with E-state index in [0.29, 0.717) is 0 Å². The molecule has 0 aromatic heterocycles. The molecule has 10 heteroatoms. The van der Waals surface area contributed by atoms with Crippen LogP contribution in [0.1, 0.15) is 29.3 Å². The Morgan fingerprint density at radius 1 is 1.41 bits per heavy atom. The lowest BCUT2D eigenvalue weighted by atomic mass is 10.0.